The zero-order valence-electron chi connectivity index (χ0n) is 21.1. The summed E-state index contributed by atoms with van der Waals surface area (Å²) in [6.07, 6.45) is 6.68. The van der Waals surface area contributed by atoms with Crippen LogP contribution in [0, 0.1) is 6.92 Å². The Kier molecular flexibility index (Phi) is 7.37. The second kappa shape index (κ2) is 11.0. The van der Waals surface area contributed by atoms with Crippen LogP contribution in [0.4, 0.5) is 5.69 Å². The molecule has 0 atom stereocenters. The lowest BCUT2D eigenvalue weighted by Crippen LogP contribution is -2.38. The van der Waals surface area contributed by atoms with Crippen LogP contribution in [0.25, 0.3) is 5.69 Å². The van der Waals surface area contributed by atoms with E-state index in [4.69, 9.17) is 21.3 Å². The summed E-state index contributed by atoms with van der Waals surface area (Å²) in [5.41, 5.74) is 4.23. The van der Waals surface area contributed by atoms with E-state index in [-0.39, 0.29) is 22.9 Å². The van der Waals surface area contributed by atoms with Gasteiger partial charge in [-0.15, -0.1) is 0 Å². The number of amides is 2. The summed E-state index contributed by atoms with van der Waals surface area (Å²) in [4.78, 5) is 41.0. The fourth-order valence-electron chi connectivity index (χ4n) is 4.65. The van der Waals surface area contributed by atoms with Gasteiger partial charge in [-0.3, -0.25) is 14.6 Å². The van der Waals surface area contributed by atoms with Gasteiger partial charge in [-0.1, -0.05) is 11.6 Å². The van der Waals surface area contributed by atoms with Crippen molar-refractivity contribution in [1.82, 2.24) is 24.4 Å². The Bertz CT molecular complexity index is 1450. The number of carbonyl (C=O) groups is 2. The number of nitrogens with one attached hydrogen (secondary N) is 1. The van der Waals surface area contributed by atoms with Crippen molar-refractivity contribution in [3.05, 3.63) is 94.9 Å². The summed E-state index contributed by atoms with van der Waals surface area (Å²) >= 11 is 6.05. The van der Waals surface area contributed by atoms with Gasteiger partial charge in [0, 0.05) is 60.1 Å². The van der Waals surface area contributed by atoms with Crippen LogP contribution in [-0.2, 0) is 0 Å². The Morgan fingerprint density at radius 1 is 1.05 bits per heavy atom. The van der Waals surface area contributed by atoms with E-state index < -0.39 is 0 Å². The first-order valence-electron chi connectivity index (χ1n) is 12.3. The minimum atomic E-state index is -0.208. The summed E-state index contributed by atoms with van der Waals surface area (Å²) in [5, 5.41) is 3.20. The topological polar surface area (TPSA) is 102 Å². The molecule has 5 rings (SSSR count). The molecule has 1 aromatic carbocycles. The van der Waals surface area contributed by atoms with Gasteiger partial charge in [0.1, 0.15) is 5.15 Å². The fraction of sp³-hybridized carbons (Fsp3) is 0.250. The molecule has 0 saturated carbocycles. The van der Waals surface area contributed by atoms with E-state index in [2.05, 4.69) is 15.3 Å². The second-order valence-corrected chi connectivity index (χ2v) is 9.53. The van der Waals surface area contributed by atoms with E-state index in [1.165, 1.54) is 7.11 Å². The molecule has 1 N–H and O–H groups in total. The molecule has 1 aliphatic rings. The first-order chi connectivity index (χ1) is 18.4. The number of rotatable bonds is 6. The van der Waals surface area contributed by atoms with Crippen molar-refractivity contribution < 1.29 is 14.3 Å². The maximum absolute atomic E-state index is 13.3. The van der Waals surface area contributed by atoms with E-state index in [9.17, 15) is 9.59 Å². The van der Waals surface area contributed by atoms with Gasteiger partial charge in [-0.2, -0.15) is 0 Å². The van der Waals surface area contributed by atoms with Crippen LogP contribution in [0.2, 0.25) is 5.15 Å². The Balaban J connectivity index is 1.28. The van der Waals surface area contributed by atoms with Gasteiger partial charge in [0.15, 0.2) is 0 Å². The van der Waals surface area contributed by atoms with Gasteiger partial charge < -0.3 is 19.5 Å². The van der Waals surface area contributed by atoms with Gasteiger partial charge in [-0.05, 0) is 62.2 Å². The molecule has 194 valence electrons. The largest absolute Gasteiger partial charge is 0.481 e. The molecule has 3 aromatic heterocycles. The van der Waals surface area contributed by atoms with Crippen LogP contribution >= 0.6 is 11.6 Å². The lowest BCUT2D eigenvalue weighted by Gasteiger charge is -2.32. The minimum Gasteiger partial charge on any atom is -0.481 e. The average Bonchev–Trinajstić information content (AvgIpc) is 3.48. The maximum atomic E-state index is 13.3. The molecule has 0 aliphatic carbocycles. The van der Waals surface area contributed by atoms with E-state index in [1.54, 1.807) is 29.6 Å². The molecule has 0 bridgehead atoms. The summed E-state index contributed by atoms with van der Waals surface area (Å²) < 4.78 is 7.04. The number of carbonyl (C=O) groups excluding carboxylic acids is 2. The van der Waals surface area contributed by atoms with Gasteiger partial charge in [0.25, 0.3) is 11.8 Å². The zero-order chi connectivity index (χ0) is 26.6. The highest BCUT2D eigenvalue weighted by molar-refractivity contribution is 6.29. The number of piperidine rings is 1. The summed E-state index contributed by atoms with van der Waals surface area (Å²) in [6, 6.07) is 14.4. The van der Waals surface area contributed by atoms with Crippen molar-refractivity contribution >= 4 is 29.1 Å². The molecule has 2 amide bonds. The Morgan fingerprint density at radius 2 is 1.82 bits per heavy atom. The van der Waals surface area contributed by atoms with Crippen molar-refractivity contribution in [2.75, 3.05) is 25.5 Å². The Labute approximate surface area is 225 Å². The van der Waals surface area contributed by atoms with Crippen LogP contribution in [-0.4, -0.2) is 56.4 Å². The molecular weight excluding hydrogens is 504 g/mol. The number of pyridine rings is 2. The van der Waals surface area contributed by atoms with E-state index >= 15 is 0 Å². The van der Waals surface area contributed by atoms with Crippen molar-refractivity contribution in [3.8, 4) is 11.6 Å². The minimum absolute atomic E-state index is 0.0545. The molecule has 4 heterocycles. The summed E-state index contributed by atoms with van der Waals surface area (Å²) in [5.74, 6) is 0.0193. The molecule has 1 saturated heterocycles. The van der Waals surface area contributed by atoms with E-state index in [1.807, 2.05) is 54.1 Å². The predicted octanol–water partition coefficient (Wildman–Crippen LogP) is 4.90. The molecule has 0 radical (unpaired) electrons. The third-order valence-corrected chi connectivity index (χ3v) is 6.83. The molecule has 1 aliphatic heterocycles. The van der Waals surface area contributed by atoms with Crippen molar-refractivity contribution in [3.63, 3.8) is 0 Å². The number of nitrogens with zero attached hydrogens (tertiary/aromatic N) is 5. The normalized spacial score (nSPS) is 13.8. The van der Waals surface area contributed by atoms with Crippen LogP contribution in [0.15, 0.2) is 67.3 Å². The van der Waals surface area contributed by atoms with Gasteiger partial charge in [0.05, 0.1) is 24.7 Å². The maximum Gasteiger partial charge on any atom is 0.257 e. The zero-order valence-corrected chi connectivity index (χ0v) is 21.9. The Morgan fingerprint density at radius 3 is 2.50 bits per heavy atom. The number of imidazole rings is 1. The van der Waals surface area contributed by atoms with Crippen molar-refractivity contribution in [2.24, 2.45) is 0 Å². The SMILES string of the molecule is COc1cc(C(=O)N2CCC(c3nc(C)ccc3C(=O)Nc3ccc(-n4ccnc4)cc3)CC2)cc(Cl)n1. The fourth-order valence-corrected chi connectivity index (χ4v) is 4.85. The second-order valence-electron chi connectivity index (χ2n) is 9.14. The van der Waals surface area contributed by atoms with Crippen LogP contribution in [0.1, 0.15) is 50.9 Å². The third kappa shape index (κ3) is 5.52. The lowest BCUT2D eigenvalue weighted by molar-refractivity contribution is 0.0710. The summed E-state index contributed by atoms with van der Waals surface area (Å²) in [7, 11) is 1.48. The highest BCUT2D eigenvalue weighted by Gasteiger charge is 2.29. The van der Waals surface area contributed by atoms with Crippen LogP contribution in [0.5, 0.6) is 5.88 Å². The van der Waals surface area contributed by atoms with Gasteiger partial charge >= 0.3 is 0 Å². The monoisotopic (exact) mass is 530 g/mol. The number of likely N-dealkylation sites (tertiary alicyclic amines) is 1. The number of ether oxygens (including phenoxy) is 1. The first kappa shape index (κ1) is 25.4. The highest BCUT2D eigenvalue weighted by Crippen LogP contribution is 2.31. The number of aryl methyl sites for hydroxylation is 1. The van der Waals surface area contributed by atoms with Crippen LogP contribution in [0.3, 0.4) is 0 Å². The number of aromatic nitrogens is 4. The van der Waals surface area contributed by atoms with Gasteiger partial charge in [-0.25, -0.2) is 9.97 Å². The van der Waals surface area contributed by atoms with E-state index in [0.717, 1.165) is 17.1 Å². The standard InChI is InChI=1S/C28H27ClN6O3/c1-18-3-8-23(27(36)32-21-4-6-22(7-5-21)35-14-11-30-17-35)26(31-18)19-9-12-34(13-10-19)28(37)20-15-24(29)33-25(16-20)38-2/h3-8,11,14-17,19H,9-10,12-13H2,1-2H3,(H,32,36). The highest BCUT2D eigenvalue weighted by atomic mass is 35.5. The molecule has 0 spiro atoms. The molecule has 1 fully saturated rings. The average molecular weight is 531 g/mol. The molecule has 4 aromatic rings. The third-order valence-electron chi connectivity index (χ3n) is 6.63. The first-order valence-corrected chi connectivity index (χ1v) is 12.7. The number of halogens is 1. The van der Waals surface area contributed by atoms with Crippen molar-refractivity contribution in [2.45, 2.75) is 25.7 Å². The predicted molar refractivity (Wildman–Crippen MR) is 144 cm³/mol. The summed E-state index contributed by atoms with van der Waals surface area (Å²) in [6.45, 7) is 3.00. The molecule has 0 unspecified atom stereocenters. The smallest absolute Gasteiger partial charge is 0.257 e. The van der Waals surface area contributed by atoms with Crippen molar-refractivity contribution in [1.29, 1.82) is 0 Å². The number of hydrogen-bond acceptors (Lipinski definition) is 6. The van der Waals surface area contributed by atoms with Crippen LogP contribution < -0.4 is 10.1 Å². The molecule has 38 heavy (non-hydrogen) atoms. The lowest BCUT2D eigenvalue weighted by atomic mass is 9.89. The number of anilines is 1. The number of methoxy groups -OCH3 is 1. The molecular formula is C28H27ClN6O3. The number of hydrogen-bond donors (Lipinski definition) is 1. The van der Waals surface area contributed by atoms with Gasteiger partial charge in [0.2, 0.25) is 5.88 Å². The molecule has 9 nitrogen and oxygen atoms in total. The quantitative estimate of drug-likeness (QED) is 0.355. The number of benzene rings is 1. The molecule has 10 heteroatoms. The Hall–Kier alpha value is -4.24. The van der Waals surface area contributed by atoms with E-state index in [0.29, 0.717) is 48.6 Å².